The topological polar surface area (TPSA) is 34.4 Å². The SMILES string of the molecule is CCn1c2ccccc2c2cc(N=C3C=CC(=O)C=C3)ccc21. The van der Waals surface area contributed by atoms with E-state index in [1.807, 2.05) is 6.07 Å². The number of hydrogen-bond acceptors (Lipinski definition) is 2. The van der Waals surface area contributed by atoms with Gasteiger partial charge in [-0.15, -0.1) is 0 Å². The molecule has 112 valence electrons. The largest absolute Gasteiger partial charge is 0.341 e. The zero-order valence-electron chi connectivity index (χ0n) is 12.9. The minimum Gasteiger partial charge on any atom is -0.341 e. The Hall–Kier alpha value is -2.94. The number of fused-ring (bicyclic) bond motifs is 3. The number of rotatable bonds is 2. The van der Waals surface area contributed by atoms with Crippen LogP contribution in [0.5, 0.6) is 0 Å². The maximum absolute atomic E-state index is 11.2. The van der Waals surface area contributed by atoms with Gasteiger partial charge in [0.05, 0.1) is 11.4 Å². The molecule has 0 amide bonds. The summed E-state index contributed by atoms with van der Waals surface area (Å²) in [6.07, 6.45) is 6.59. The standard InChI is InChI=1S/C20H16N2O/c1-2-22-19-6-4-3-5-17(19)18-13-15(9-12-20(18)22)21-14-7-10-16(23)11-8-14/h3-13H,2H2,1H3. The maximum Gasteiger partial charge on any atom is 0.178 e. The summed E-state index contributed by atoms with van der Waals surface area (Å²) in [6.45, 7) is 3.10. The molecule has 0 bridgehead atoms. The summed E-state index contributed by atoms with van der Waals surface area (Å²) < 4.78 is 2.32. The normalized spacial score (nSPS) is 14.1. The quantitative estimate of drug-likeness (QED) is 0.638. The molecule has 0 aliphatic heterocycles. The minimum absolute atomic E-state index is 0.00502. The van der Waals surface area contributed by atoms with Gasteiger partial charge < -0.3 is 4.57 Å². The molecule has 1 heterocycles. The van der Waals surface area contributed by atoms with Crippen molar-refractivity contribution >= 4 is 39.0 Å². The van der Waals surface area contributed by atoms with Crippen molar-refractivity contribution in [2.45, 2.75) is 13.5 Å². The predicted octanol–water partition coefficient (Wildman–Crippen LogP) is 4.58. The molecular formula is C20H16N2O. The Balaban J connectivity index is 1.90. The number of para-hydroxylation sites is 1. The monoisotopic (exact) mass is 300 g/mol. The lowest BCUT2D eigenvalue weighted by atomic mass is 10.1. The fraction of sp³-hybridized carbons (Fsp3) is 0.100. The van der Waals surface area contributed by atoms with Gasteiger partial charge in [0.25, 0.3) is 0 Å². The zero-order chi connectivity index (χ0) is 15.8. The van der Waals surface area contributed by atoms with Crippen LogP contribution in [-0.2, 0) is 11.3 Å². The number of aromatic nitrogens is 1. The van der Waals surface area contributed by atoms with Crippen LogP contribution in [0.2, 0.25) is 0 Å². The Bertz CT molecular complexity index is 1000. The second kappa shape index (κ2) is 5.36. The van der Waals surface area contributed by atoms with Gasteiger partial charge in [0.15, 0.2) is 5.78 Å². The molecule has 0 saturated carbocycles. The van der Waals surface area contributed by atoms with Crippen LogP contribution in [0.25, 0.3) is 21.8 Å². The van der Waals surface area contributed by atoms with Gasteiger partial charge in [-0.05, 0) is 55.5 Å². The van der Waals surface area contributed by atoms with Crippen LogP contribution in [-0.4, -0.2) is 16.1 Å². The number of aliphatic imine (C=N–C) groups is 1. The highest BCUT2D eigenvalue weighted by Crippen LogP contribution is 2.31. The number of benzene rings is 2. The summed E-state index contributed by atoms with van der Waals surface area (Å²) >= 11 is 0. The first-order valence-electron chi connectivity index (χ1n) is 7.76. The van der Waals surface area contributed by atoms with E-state index in [1.165, 1.54) is 21.8 Å². The first-order chi connectivity index (χ1) is 11.3. The average molecular weight is 300 g/mol. The van der Waals surface area contributed by atoms with Gasteiger partial charge in [-0.2, -0.15) is 0 Å². The highest BCUT2D eigenvalue weighted by Gasteiger charge is 2.09. The van der Waals surface area contributed by atoms with Crippen molar-refractivity contribution in [2.75, 3.05) is 0 Å². The number of carbonyl (C=O) groups is 1. The molecule has 2 aromatic carbocycles. The van der Waals surface area contributed by atoms with Crippen LogP contribution in [0.15, 0.2) is 71.8 Å². The molecule has 3 aromatic rings. The fourth-order valence-electron chi connectivity index (χ4n) is 3.12. The first-order valence-corrected chi connectivity index (χ1v) is 7.76. The van der Waals surface area contributed by atoms with Crippen LogP contribution in [0.4, 0.5) is 5.69 Å². The number of allylic oxidation sites excluding steroid dienone is 4. The van der Waals surface area contributed by atoms with Gasteiger partial charge >= 0.3 is 0 Å². The van der Waals surface area contributed by atoms with Crippen molar-refractivity contribution < 1.29 is 4.79 Å². The summed E-state index contributed by atoms with van der Waals surface area (Å²) in [7, 11) is 0. The molecule has 3 nitrogen and oxygen atoms in total. The van der Waals surface area contributed by atoms with Crippen molar-refractivity contribution in [3.63, 3.8) is 0 Å². The van der Waals surface area contributed by atoms with E-state index < -0.39 is 0 Å². The Morgan fingerprint density at radius 3 is 2.43 bits per heavy atom. The van der Waals surface area contributed by atoms with Crippen LogP contribution in [0.3, 0.4) is 0 Å². The minimum atomic E-state index is 0.00502. The van der Waals surface area contributed by atoms with Gasteiger partial charge in [-0.25, -0.2) is 4.99 Å². The van der Waals surface area contributed by atoms with Crippen molar-refractivity contribution in [2.24, 2.45) is 4.99 Å². The first kappa shape index (κ1) is 13.7. The van der Waals surface area contributed by atoms with Gasteiger partial charge in [-0.1, -0.05) is 18.2 Å². The number of ketones is 1. The molecule has 0 saturated heterocycles. The van der Waals surface area contributed by atoms with Gasteiger partial charge in [0, 0.05) is 28.4 Å². The highest BCUT2D eigenvalue weighted by molar-refractivity contribution is 6.17. The third kappa shape index (κ3) is 2.30. The molecule has 4 rings (SSSR count). The summed E-state index contributed by atoms with van der Waals surface area (Å²) in [5, 5.41) is 2.46. The zero-order valence-corrected chi connectivity index (χ0v) is 12.9. The molecular weight excluding hydrogens is 284 g/mol. The lowest BCUT2D eigenvalue weighted by molar-refractivity contribution is -0.110. The van der Waals surface area contributed by atoms with Crippen molar-refractivity contribution in [1.82, 2.24) is 4.57 Å². The van der Waals surface area contributed by atoms with Crippen LogP contribution < -0.4 is 0 Å². The number of hydrogen-bond donors (Lipinski definition) is 0. The van der Waals surface area contributed by atoms with Gasteiger partial charge in [-0.3, -0.25) is 4.79 Å². The lowest BCUT2D eigenvalue weighted by Crippen LogP contribution is -1.98. The molecule has 1 aromatic heterocycles. The fourth-order valence-corrected chi connectivity index (χ4v) is 3.12. The molecule has 1 aliphatic rings. The molecule has 0 radical (unpaired) electrons. The van der Waals surface area contributed by atoms with E-state index in [9.17, 15) is 4.79 Å². The van der Waals surface area contributed by atoms with E-state index in [0.717, 1.165) is 17.9 Å². The lowest BCUT2D eigenvalue weighted by Gasteiger charge is -2.03. The van der Waals surface area contributed by atoms with Crippen molar-refractivity contribution in [1.29, 1.82) is 0 Å². The molecule has 0 fully saturated rings. The Morgan fingerprint density at radius 1 is 0.913 bits per heavy atom. The van der Waals surface area contributed by atoms with Gasteiger partial charge in [0.2, 0.25) is 0 Å². The van der Waals surface area contributed by atoms with E-state index in [0.29, 0.717) is 0 Å². The molecule has 0 spiro atoms. The van der Waals surface area contributed by atoms with E-state index in [1.54, 1.807) is 24.3 Å². The smallest absolute Gasteiger partial charge is 0.178 e. The van der Waals surface area contributed by atoms with Crippen LogP contribution in [0.1, 0.15) is 6.92 Å². The molecule has 0 unspecified atom stereocenters. The molecule has 0 N–H and O–H groups in total. The summed E-state index contributed by atoms with van der Waals surface area (Å²) in [5.41, 5.74) is 4.17. The van der Waals surface area contributed by atoms with E-state index in [-0.39, 0.29) is 5.78 Å². The molecule has 0 atom stereocenters. The predicted molar refractivity (Wildman–Crippen MR) is 95.5 cm³/mol. The van der Waals surface area contributed by atoms with Gasteiger partial charge in [0.1, 0.15) is 0 Å². The molecule has 3 heteroatoms. The van der Waals surface area contributed by atoms with Crippen molar-refractivity contribution in [3.05, 3.63) is 66.8 Å². The van der Waals surface area contributed by atoms with Crippen LogP contribution in [0, 0.1) is 0 Å². The Labute approximate surface area is 134 Å². The Kier molecular flexibility index (Phi) is 3.19. The summed E-state index contributed by atoms with van der Waals surface area (Å²) in [5.74, 6) is 0.00502. The second-order valence-electron chi connectivity index (χ2n) is 5.57. The average Bonchev–Trinajstić information content (AvgIpc) is 2.90. The number of aryl methyl sites for hydroxylation is 1. The van der Waals surface area contributed by atoms with E-state index in [4.69, 9.17) is 0 Å². The maximum atomic E-state index is 11.2. The molecule has 1 aliphatic carbocycles. The summed E-state index contributed by atoms with van der Waals surface area (Å²) in [4.78, 5) is 15.8. The third-order valence-corrected chi connectivity index (χ3v) is 4.17. The summed E-state index contributed by atoms with van der Waals surface area (Å²) in [6, 6.07) is 14.7. The highest BCUT2D eigenvalue weighted by atomic mass is 16.1. The molecule has 23 heavy (non-hydrogen) atoms. The Morgan fingerprint density at radius 2 is 1.65 bits per heavy atom. The van der Waals surface area contributed by atoms with E-state index in [2.05, 4.69) is 52.9 Å². The number of nitrogens with zero attached hydrogens (tertiary/aromatic N) is 2. The van der Waals surface area contributed by atoms with Crippen molar-refractivity contribution in [3.8, 4) is 0 Å². The number of carbonyl (C=O) groups excluding carboxylic acids is 1. The second-order valence-corrected chi connectivity index (χ2v) is 5.57. The third-order valence-electron chi connectivity index (χ3n) is 4.17. The van der Waals surface area contributed by atoms with E-state index >= 15 is 0 Å². The van der Waals surface area contributed by atoms with Crippen LogP contribution >= 0.6 is 0 Å².